The van der Waals surface area contributed by atoms with E-state index >= 15 is 0 Å². The van der Waals surface area contributed by atoms with E-state index in [9.17, 15) is 28.1 Å². The Bertz CT molecular complexity index is 1110. The third-order valence-electron chi connectivity index (χ3n) is 5.25. The average Bonchev–Trinajstić information content (AvgIpc) is 2.81. The van der Waals surface area contributed by atoms with Crippen molar-refractivity contribution in [2.45, 2.75) is 11.8 Å². The van der Waals surface area contributed by atoms with Crippen LogP contribution in [-0.4, -0.2) is 69.3 Å². The number of nitrogens with one attached hydrogen (secondary N) is 2. The molecule has 0 aromatic heterocycles. The second kappa shape index (κ2) is 10.4. The van der Waals surface area contributed by atoms with E-state index in [-0.39, 0.29) is 23.0 Å². The lowest BCUT2D eigenvalue weighted by Gasteiger charge is -2.36. The maximum atomic E-state index is 12.4. The molecule has 2 amide bonds. The first-order chi connectivity index (χ1) is 15.7. The van der Waals surface area contributed by atoms with Gasteiger partial charge in [-0.25, -0.2) is 13.1 Å². The number of piperazine rings is 1. The fraction of sp³-hybridized carbons (Fsp3) is 0.333. The lowest BCUT2D eigenvalue weighted by Crippen LogP contribution is -2.51. The minimum absolute atomic E-state index is 0.0180. The third kappa shape index (κ3) is 6.49. The molecule has 2 N–H and O–H groups in total. The van der Waals surface area contributed by atoms with Gasteiger partial charge in [0.05, 0.1) is 22.9 Å². The van der Waals surface area contributed by atoms with E-state index in [1.807, 2.05) is 11.8 Å². The first-order valence-corrected chi connectivity index (χ1v) is 11.7. The van der Waals surface area contributed by atoms with Gasteiger partial charge in [0.2, 0.25) is 21.8 Å². The van der Waals surface area contributed by atoms with Gasteiger partial charge in [-0.2, -0.15) is 0 Å². The molecule has 0 aliphatic carbocycles. The first-order valence-electron chi connectivity index (χ1n) is 10.3. The lowest BCUT2D eigenvalue weighted by molar-refractivity contribution is -0.384. The number of hydrogen-bond donors (Lipinski definition) is 2. The first kappa shape index (κ1) is 24.1. The summed E-state index contributed by atoms with van der Waals surface area (Å²) >= 11 is 0. The van der Waals surface area contributed by atoms with Crippen molar-refractivity contribution in [1.29, 1.82) is 0 Å². The van der Waals surface area contributed by atoms with Crippen molar-refractivity contribution < 1.29 is 22.9 Å². The minimum atomic E-state index is -3.82. The van der Waals surface area contributed by atoms with Crippen molar-refractivity contribution >= 4 is 33.2 Å². The molecule has 176 valence electrons. The Morgan fingerprint density at radius 1 is 0.970 bits per heavy atom. The van der Waals surface area contributed by atoms with E-state index in [0.29, 0.717) is 26.2 Å². The van der Waals surface area contributed by atoms with Gasteiger partial charge in [0, 0.05) is 44.0 Å². The zero-order valence-electron chi connectivity index (χ0n) is 18.1. The number of nitrogens with zero attached hydrogens (tertiary/aromatic N) is 3. The van der Waals surface area contributed by atoms with Gasteiger partial charge in [0.25, 0.3) is 5.69 Å². The molecule has 0 saturated carbocycles. The average molecular weight is 476 g/mol. The number of carbonyl (C=O) groups is 2. The fourth-order valence-corrected chi connectivity index (χ4v) is 4.29. The Morgan fingerprint density at radius 2 is 1.58 bits per heavy atom. The van der Waals surface area contributed by atoms with Gasteiger partial charge in [0.15, 0.2) is 0 Å². The molecule has 0 unspecified atom stereocenters. The van der Waals surface area contributed by atoms with Crippen molar-refractivity contribution in [3.05, 3.63) is 64.2 Å². The number of anilines is 1. The van der Waals surface area contributed by atoms with Crippen LogP contribution < -0.4 is 14.9 Å². The maximum Gasteiger partial charge on any atom is 0.269 e. The van der Waals surface area contributed by atoms with Crippen LogP contribution in [0.3, 0.4) is 0 Å². The molecule has 2 aromatic carbocycles. The SMILES string of the molecule is Cc1ccc(S(=O)(=O)NCC(=O)NCC(=O)N2CCN(c3ccc([N+](=O)[O-])cc3)CC2)cc1. The van der Waals surface area contributed by atoms with Crippen LogP contribution in [-0.2, 0) is 19.6 Å². The molecule has 12 heteroatoms. The monoisotopic (exact) mass is 475 g/mol. The summed E-state index contributed by atoms with van der Waals surface area (Å²) in [5.41, 5.74) is 1.77. The summed E-state index contributed by atoms with van der Waals surface area (Å²) in [6, 6.07) is 12.5. The summed E-state index contributed by atoms with van der Waals surface area (Å²) in [5.74, 6) is -0.878. The molecule has 0 atom stereocenters. The number of aryl methyl sites for hydroxylation is 1. The molecule has 11 nitrogen and oxygen atoms in total. The van der Waals surface area contributed by atoms with Crippen LogP contribution in [0.5, 0.6) is 0 Å². The van der Waals surface area contributed by atoms with E-state index in [4.69, 9.17) is 0 Å². The highest BCUT2D eigenvalue weighted by Gasteiger charge is 2.22. The van der Waals surface area contributed by atoms with E-state index in [0.717, 1.165) is 11.3 Å². The van der Waals surface area contributed by atoms with Crippen LogP contribution in [0.2, 0.25) is 0 Å². The molecule has 1 aliphatic rings. The van der Waals surface area contributed by atoms with Gasteiger partial charge in [-0.1, -0.05) is 17.7 Å². The van der Waals surface area contributed by atoms with Gasteiger partial charge in [-0.3, -0.25) is 19.7 Å². The second-order valence-electron chi connectivity index (χ2n) is 7.56. The molecule has 33 heavy (non-hydrogen) atoms. The Hall–Kier alpha value is -3.51. The van der Waals surface area contributed by atoms with Gasteiger partial charge >= 0.3 is 0 Å². The molecular weight excluding hydrogens is 450 g/mol. The van der Waals surface area contributed by atoms with Crippen LogP contribution in [0.25, 0.3) is 0 Å². The van der Waals surface area contributed by atoms with Crippen LogP contribution in [0.4, 0.5) is 11.4 Å². The Morgan fingerprint density at radius 3 is 2.15 bits per heavy atom. The molecule has 0 bridgehead atoms. The summed E-state index contributed by atoms with van der Waals surface area (Å²) in [6.07, 6.45) is 0. The van der Waals surface area contributed by atoms with Gasteiger partial charge < -0.3 is 15.1 Å². The van der Waals surface area contributed by atoms with Crippen LogP contribution >= 0.6 is 0 Å². The number of rotatable bonds is 8. The number of non-ortho nitro benzene ring substituents is 1. The number of nitro groups is 1. The minimum Gasteiger partial charge on any atom is -0.368 e. The van der Waals surface area contributed by atoms with Crippen LogP contribution in [0.15, 0.2) is 53.4 Å². The summed E-state index contributed by atoms with van der Waals surface area (Å²) in [6.45, 7) is 3.10. The number of hydrogen-bond acceptors (Lipinski definition) is 7. The summed E-state index contributed by atoms with van der Waals surface area (Å²) in [4.78, 5) is 38.4. The molecule has 1 aliphatic heterocycles. The number of amides is 2. The van der Waals surface area contributed by atoms with Crippen LogP contribution in [0, 0.1) is 17.0 Å². The molecule has 1 fully saturated rings. The molecule has 2 aromatic rings. The maximum absolute atomic E-state index is 12.4. The number of benzene rings is 2. The topological polar surface area (TPSA) is 142 Å². The Balaban J connectivity index is 1.41. The lowest BCUT2D eigenvalue weighted by atomic mass is 10.2. The van der Waals surface area contributed by atoms with Gasteiger partial charge in [0.1, 0.15) is 0 Å². The second-order valence-corrected chi connectivity index (χ2v) is 9.32. The van der Waals surface area contributed by atoms with E-state index < -0.39 is 27.4 Å². The van der Waals surface area contributed by atoms with Crippen molar-refractivity contribution in [2.75, 3.05) is 44.2 Å². The summed E-state index contributed by atoms with van der Waals surface area (Å²) in [7, 11) is -3.82. The molecule has 0 spiro atoms. The molecule has 3 rings (SSSR count). The van der Waals surface area contributed by atoms with E-state index in [1.165, 1.54) is 24.3 Å². The zero-order chi connectivity index (χ0) is 24.0. The molecule has 0 radical (unpaired) electrons. The highest BCUT2D eigenvalue weighted by Crippen LogP contribution is 2.20. The standard InChI is InChI=1S/C21H25N5O6S/c1-16-2-8-19(9-3-16)33(31,32)23-14-20(27)22-15-21(28)25-12-10-24(11-13-25)17-4-6-18(7-5-17)26(29)30/h2-9,23H,10-15H2,1H3,(H,22,27). The predicted octanol–water partition coefficient (Wildman–Crippen LogP) is 0.647. The quantitative estimate of drug-likeness (QED) is 0.422. The predicted molar refractivity (Wildman–Crippen MR) is 121 cm³/mol. The fourth-order valence-electron chi connectivity index (χ4n) is 3.31. The van der Waals surface area contributed by atoms with E-state index in [1.54, 1.807) is 29.2 Å². The van der Waals surface area contributed by atoms with Crippen molar-refractivity contribution in [1.82, 2.24) is 14.9 Å². The number of nitro benzene ring substituents is 1. The molecular formula is C21H25N5O6S. The third-order valence-corrected chi connectivity index (χ3v) is 6.67. The Kier molecular flexibility index (Phi) is 7.61. The van der Waals surface area contributed by atoms with E-state index in [2.05, 4.69) is 10.0 Å². The highest BCUT2D eigenvalue weighted by molar-refractivity contribution is 7.89. The highest BCUT2D eigenvalue weighted by atomic mass is 32.2. The zero-order valence-corrected chi connectivity index (χ0v) is 18.9. The number of carbonyl (C=O) groups excluding carboxylic acids is 2. The normalized spacial score (nSPS) is 14.1. The van der Waals surface area contributed by atoms with Crippen molar-refractivity contribution in [3.8, 4) is 0 Å². The largest absolute Gasteiger partial charge is 0.368 e. The molecule has 1 saturated heterocycles. The van der Waals surface area contributed by atoms with Gasteiger partial charge in [-0.15, -0.1) is 0 Å². The van der Waals surface area contributed by atoms with Gasteiger partial charge in [-0.05, 0) is 31.2 Å². The van der Waals surface area contributed by atoms with Crippen molar-refractivity contribution in [3.63, 3.8) is 0 Å². The molecule has 1 heterocycles. The number of sulfonamides is 1. The summed E-state index contributed by atoms with van der Waals surface area (Å²) in [5, 5.41) is 13.2. The van der Waals surface area contributed by atoms with Crippen molar-refractivity contribution in [2.24, 2.45) is 0 Å². The van der Waals surface area contributed by atoms with Crippen LogP contribution in [0.1, 0.15) is 5.56 Å². The summed E-state index contributed by atoms with van der Waals surface area (Å²) < 4.78 is 26.7. The smallest absolute Gasteiger partial charge is 0.269 e. The Labute approximate surface area is 191 Å².